The third kappa shape index (κ3) is 1.81. The van der Waals surface area contributed by atoms with Crippen molar-refractivity contribution in [2.45, 2.75) is 43.3 Å². The van der Waals surface area contributed by atoms with Crippen LogP contribution < -0.4 is 0 Å². The molecule has 2 aliphatic rings. The number of aromatic nitrogens is 1. The minimum Gasteiger partial charge on any atom is -0.297 e. The Morgan fingerprint density at radius 2 is 2.47 bits per heavy atom. The maximum Gasteiger partial charge on any atom is 0.157 e. The fourth-order valence-corrected chi connectivity index (χ4v) is 4.32. The third-order valence-corrected chi connectivity index (χ3v) is 5.55. The maximum atomic E-state index is 12.7. The number of pyridine rings is 1. The SMILES string of the molecule is CC1(C(=O)C2CCc3cccnc32)CCCS1. The van der Waals surface area contributed by atoms with Gasteiger partial charge in [-0.15, -0.1) is 11.8 Å². The highest BCUT2D eigenvalue weighted by atomic mass is 32.2. The second-order valence-electron chi connectivity index (χ2n) is 5.19. The molecular weight excluding hydrogens is 230 g/mol. The lowest BCUT2D eigenvalue weighted by Gasteiger charge is -2.24. The summed E-state index contributed by atoms with van der Waals surface area (Å²) in [7, 11) is 0. The molecule has 1 aliphatic heterocycles. The van der Waals surface area contributed by atoms with Gasteiger partial charge in [-0.3, -0.25) is 9.78 Å². The number of hydrogen-bond donors (Lipinski definition) is 0. The summed E-state index contributed by atoms with van der Waals surface area (Å²) >= 11 is 1.84. The van der Waals surface area contributed by atoms with Crippen LogP contribution in [0.2, 0.25) is 0 Å². The Labute approximate surface area is 106 Å². The van der Waals surface area contributed by atoms with Gasteiger partial charge in [0.15, 0.2) is 5.78 Å². The first-order valence-corrected chi connectivity index (χ1v) is 7.31. The normalized spacial score (nSPS) is 31.5. The minimum absolute atomic E-state index is 0.0572. The van der Waals surface area contributed by atoms with Gasteiger partial charge in [-0.05, 0) is 50.0 Å². The quantitative estimate of drug-likeness (QED) is 0.805. The largest absolute Gasteiger partial charge is 0.297 e. The molecule has 3 heteroatoms. The first kappa shape index (κ1) is 11.3. The van der Waals surface area contributed by atoms with Crippen LogP contribution in [0.4, 0.5) is 0 Å². The number of Topliss-reactive ketones (excluding diaryl/α,β-unsaturated/α-hetero) is 1. The molecule has 0 N–H and O–H groups in total. The second kappa shape index (κ2) is 4.13. The Hall–Kier alpha value is -0.830. The van der Waals surface area contributed by atoms with Crippen LogP contribution in [-0.2, 0) is 11.2 Å². The number of fused-ring (bicyclic) bond motifs is 1. The van der Waals surface area contributed by atoms with Crippen molar-refractivity contribution in [3.63, 3.8) is 0 Å². The molecule has 0 saturated carbocycles. The first-order valence-electron chi connectivity index (χ1n) is 6.33. The molecule has 1 aromatic rings. The van der Waals surface area contributed by atoms with E-state index in [1.165, 1.54) is 12.0 Å². The van der Waals surface area contributed by atoms with Crippen molar-refractivity contribution in [1.82, 2.24) is 4.98 Å². The molecule has 0 spiro atoms. The summed E-state index contributed by atoms with van der Waals surface area (Å²) in [5.74, 6) is 1.60. The zero-order valence-corrected chi connectivity index (χ0v) is 10.9. The molecule has 2 nitrogen and oxygen atoms in total. The predicted molar refractivity (Wildman–Crippen MR) is 70.4 cm³/mol. The van der Waals surface area contributed by atoms with E-state index in [1.807, 2.05) is 24.0 Å². The zero-order chi connectivity index (χ0) is 11.9. The molecule has 2 unspecified atom stereocenters. The fourth-order valence-electron chi connectivity index (χ4n) is 3.01. The number of hydrogen-bond acceptors (Lipinski definition) is 3. The van der Waals surface area contributed by atoms with Gasteiger partial charge < -0.3 is 0 Å². The number of thioether (sulfide) groups is 1. The molecule has 0 amide bonds. The van der Waals surface area contributed by atoms with Gasteiger partial charge in [0.2, 0.25) is 0 Å². The highest BCUT2D eigenvalue weighted by molar-refractivity contribution is 8.01. The Balaban J connectivity index is 1.89. The van der Waals surface area contributed by atoms with Crippen molar-refractivity contribution in [3.8, 4) is 0 Å². The van der Waals surface area contributed by atoms with Crippen LogP contribution in [0.15, 0.2) is 18.3 Å². The van der Waals surface area contributed by atoms with E-state index in [0.717, 1.165) is 30.7 Å². The Kier molecular flexibility index (Phi) is 2.74. The van der Waals surface area contributed by atoms with E-state index in [-0.39, 0.29) is 10.7 Å². The molecule has 0 bridgehead atoms. The average Bonchev–Trinajstić information content (AvgIpc) is 2.95. The van der Waals surface area contributed by atoms with Crippen LogP contribution in [0, 0.1) is 0 Å². The highest BCUT2D eigenvalue weighted by Gasteiger charge is 2.43. The predicted octanol–water partition coefficient (Wildman–Crippen LogP) is 2.97. The molecule has 0 aromatic carbocycles. The van der Waals surface area contributed by atoms with Crippen LogP contribution in [0.1, 0.15) is 43.4 Å². The number of ketones is 1. The number of carbonyl (C=O) groups excluding carboxylic acids is 1. The van der Waals surface area contributed by atoms with Crippen LogP contribution >= 0.6 is 11.8 Å². The Bertz CT molecular complexity index is 451. The lowest BCUT2D eigenvalue weighted by Crippen LogP contribution is -2.33. The second-order valence-corrected chi connectivity index (χ2v) is 6.78. The van der Waals surface area contributed by atoms with E-state index in [0.29, 0.717) is 5.78 Å². The molecule has 2 heterocycles. The van der Waals surface area contributed by atoms with Crippen molar-refractivity contribution in [2.24, 2.45) is 0 Å². The van der Waals surface area contributed by atoms with Crippen molar-refractivity contribution in [1.29, 1.82) is 0 Å². The monoisotopic (exact) mass is 247 g/mol. The number of rotatable bonds is 2. The van der Waals surface area contributed by atoms with Gasteiger partial charge in [0.05, 0.1) is 16.4 Å². The molecule has 2 atom stereocenters. The van der Waals surface area contributed by atoms with Gasteiger partial charge in [0, 0.05) is 6.20 Å². The van der Waals surface area contributed by atoms with Crippen molar-refractivity contribution < 1.29 is 4.79 Å². The van der Waals surface area contributed by atoms with Crippen LogP contribution in [0.5, 0.6) is 0 Å². The smallest absolute Gasteiger partial charge is 0.157 e. The standard InChI is InChI=1S/C14H17NOS/c1-14(7-3-9-17-14)13(16)11-6-5-10-4-2-8-15-12(10)11/h2,4,8,11H,3,5-7,9H2,1H3. The summed E-state index contributed by atoms with van der Waals surface area (Å²) in [6.45, 7) is 2.12. The number of aryl methyl sites for hydroxylation is 1. The van der Waals surface area contributed by atoms with Gasteiger partial charge >= 0.3 is 0 Å². The molecule has 1 fully saturated rings. The minimum atomic E-state index is -0.149. The van der Waals surface area contributed by atoms with E-state index in [9.17, 15) is 4.79 Å². The van der Waals surface area contributed by atoms with Crippen LogP contribution in [0.25, 0.3) is 0 Å². The van der Waals surface area contributed by atoms with Crippen molar-refractivity contribution in [2.75, 3.05) is 5.75 Å². The maximum absolute atomic E-state index is 12.7. The van der Waals surface area contributed by atoms with Gasteiger partial charge in [0.1, 0.15) is 0 Å². The topological polar surface area (TPSA) is 30.0 Å². The van der Waals surface area contributed by atoms with E-state index in [4.69, 9.17) is 0 Å². The first-order chi connectivity index (χ1) is 8.21. The van der Waals surface area contributed by atoms with Crippen molar-refractivity contribution >= 4 is 17.5 Å². The summed E-state index contributed by atoms with van der Waals surface area (Å²) in [6, 6.07) is 4.08. The van der Waals surface area contributed by atoms with Gasteiger partial charge in [-0.25, -0.2) is 0 Å². The van der Waals surface area contributed by atoms with E-state index in [1.54, 1.807) is 0 Å². The fraction of sp³-hybridized carbons (Fsp3) is 0.571. The molecule has 0 radical (unpaired) electrons. The molecule has 17 heavy (non-hydrogen) atoms. The van der Waals surface area contributed by atoms with E-state index < -0.39 is 0 Å². The molecule has 1 saturated heterocycles. The van der Waals surface area contributed by atoms with Gasteiger partial charge in [-0.2, -0.15) is 0 Å². The van der Waals surface area contributed by atoms with Crippen LogP contribution in [0.3, 0.4) is 0 Å². The zero-order valence-electron chi connectivity index (χ0n) is 10.1. The molecule has 90 valence electrons. The van der Waals surface area contributed by atoms with Crippen LogP contribution in [-0.4, -0.2) is 21.3 Å². The molecule has 1 aliphatic carbocycles. The van der Waals surface area contributed by atoms with Crippen molar-refractivity contribution in [3.05, 3.63) is 29.6 Å². The van der Waals surface area contributed by atoms with Gasteiger partial charge in [-0.1, -0.05) is 6.07 Å². The lowest BCUT2D eigenvalue weighted by atomic mass is 9.88. The Morgan fingerprint density at radius 3 is 3.24 bits per heavy atom. The number of nitrogens with zero attached hydrogens (tertiary/aromatic N) is 1. The van der Waals surface area contributed by atoms with Gasteiger partial charge in [0.25, 0.3) is 0 Å². The van der Waals surface area contributed by atoms with E-state index >= 15 is 0 Å². The summed E-state index contributed by atoms with van der Waals surface area (Å²) in [5.41, 5.74) is 2.32. The molecular formula is C14H17NOS. The van der Waals surface area contributed by atoms with E-state index in [2.05, 4.69) is 18.0 Å². The Morgan fingerprint density at radius 1 is 1.59 bits per heavy atom. The summed E-state index contributed by atoms with van der Waals surface area (Å²) in [4.78, 5) is 17.1. The third-order valence-electron chi connectivity index (χ3n) is 4.02. The average molecular weight is 247 g/mol. The lowest BCUT2D eigenvalue weighted by molar-refractivity contribution is -0.122. The summed E-state index contributed by atoms with van der Waals surface area (Å²) < 4.78 is -0.149. The summed E-state index contributed by atoms with van der Waals surface area (Å²) in [6.07, 6.45) is 6.00. The number of carbonyl (C=O) groups is 1. The molecule has 3 rings (SSSR count). The highest BCUT2D eigenvalue weighted by Crippen LogP contribution is 2.44. The molecule has 1 aromatic heterocycles. The summed E-state index contributed by atoms with van der Waals surface area (Å²) in [5, 5.41) is 0.